The molecule has 0 atom stereocenters. The topological polar surface area (TPSA) is 59.9 Å². The normalized spacial score (nSPS) is 11.0. The highest BCUT2D eigenvalue weighted by molar-refractivity contribution is 9.10. The molecule has 1 amide bonds. The zero-order valence-corrected chi connectivity index (χ0v) is 24.2. The first kappa shape index (κ1) is 28.3. The van der Waals surface area contributed by atoms with Gasteiger partial charge in [0.1, 0.15) is 24.7 Å². The van der Waals surface area contributed by atoms with Gasteiger partial charge >= 0.3 is 0 Å². The van der Waals surface area contributed by atoms with E-state index in [1.165, 1.54) is 6.21 Å². The Morgan fingerprint density at radius 1 is 0.789 bits per heavy atom. The Kier molecular flexibility index (Phi) is 9.94. The smallest absolute Gasteiger partial charge is 0.275 e. The van der Waals surface area contributed by atoms with Gasteiger partial charge in [0.2, 0.25) is 0 Å². The number of ether oxygens (including phenoxy) is 2. The molecule has 38 heavy (non-hydrogen) atoms. The van der Waals surface area contributed by atoms with E-state index in [1.807, 2.05) is 18.2 Å². The first-order valence-corrected chi connectivity index (χ1v) is 13.5. The van der Waals surface area contributed by atoms with Crippen molar-refractivity contribution < 1.29 is 14.3 Å². The van der Waals surface area contributed by atoms with E-state index >= 15 is 0 Å². The standard InChI is InChI=1S/C28H19BrCl4N2O3/c29-23-11-17(5-10-27(23)38-16-19-7-9-21(31)13-25(19)33)14-34-35-28(36)22-3-1-2-4-26(22)37-15-18-6-8-20(30)12-24(18)32/h1-14H,15-16H2,(H,35,36)/b34-14+. The average molecular weight is 653 g/mol. The number of carbonyl (C=O) groups excluding carboxylic acids is 1. The minimum absolute atomic E-state index is 0.177. The average Bonchev–Trinajstić information content (AvgIpc) is 2.89. The van der Waals surface area contributed by atoms with Crippen LogP contribution in [-0.2, 0) is 13.2 Å². The minimum atomic E-state index is -0.419. The van der Waals surface area contributed by atoms with Gasteiger partial charge in [0.25, 0.3) is 5.91 Å². The molecule has 0 aliphatic heterocycles. The number of hydrogen-bond acceptors (Lipinski definition) is 4. The number of para-hydroxylation sites is 1. The maximum Gasteiger partial charge on any atom is 0.275 e. The molecule has 0 aliphatic carbocycles. The summed E-state index contributed by atoms with van der Waals surface area (Å²) in [4.78, 5) is 12.8. The van der Waals surface area contributed by atoms with E-state index in [1.54, 1.807) is 60.7 Å². The lowest BCUT2D eigenvalue weighted by molar-refractivity contribution is 0.0950. The molecule has 10 heteroatoms. The van der Waals surface area contributed by atoms with Crippen molar-refractivity contribution in [3.8, 4) is 11.5 Å². The van der Waals surface area contributed by atoms with Gasteiger partial charge in [0, 0.05) is 31.2 Å². The van der Waals surface area contributed by atoms with Crippen LogP contribution in [0.3, 0.4) is 0 Å². The Labute approximate surface area is 248 Å². The second-order valence-electron chi connectivity index (χ2n) is 7.93. The number of nitrogens with one attached hydrogen (secondary N) is 1. The summed E-state index contributed by atoms with van der Waals surface area (Å²) < 4.78 is 12.4. The van der Waals surface area contributed by atoms with Gasteiger partial charge in [0.05, 0.1) is 16.3 Å². The second kappa shape index (κ2) is 13.4. The molecule has 0 fully saturated rings. The molecular weight excluding hydrogens is 634 g/mol. The molecule has 5 nitrogen and oxygen atoms in total. The fourth-order valence-electron chi connectivity index (χ4n) is 3.31. The van der Waals surface area contributed by atoms with Crippen molar-refractivity contribution in [3.63, 3.8) is 0 Å². The fraction of sp³-hybridized carbons (Fsp3) is 0.0714. The highest BCUT2D eigenvalue weighted by Gasteiger charge is 2.13. The van der Waals surface area contributed by atoms with Crippen LogP contribution in [0.2, 0.25) is 20.1 Å². The molecule has 1 N–H and O–H groups in total. The molecule has 194 valence electrons. The Balaban J connectivity index is 1.35. The van der Waals surface area contributed by atoms with Crippen molar-refractivity contribution in [3.05, 3.63) is 126 Å². The maximum absolute atomic E-state index is 12.8. The number of hydrogen-bond donors (Lipinski definition) is 1. The zero-order valence-electron chi connectivity index (χ0n) is 19.6. The van der Waals surface area contributed by atoms with Gasteiger partial charge < -0.3 is 9.47 Å². The highest BCUT2D eigenvalue weighted by atomic mass is 79.9. The van der Waals surface area contributed by atoms with Gasteiger partial charge in [0.15, 0.2) is 0 Å². The molecule has 0 spiro atoms. The fourth-order valence-corrected chi connectivity index (χ4v) is 4.75. The number of amides is 1. The lowest BCUT2D eigenvalue weighted by atomic mass is 10.2. The van der Waals surface area contributed by atoms with E-state index < -0.39 is 5.91 Å². The Hall–Kier alpha value is -2.74. The molecule has 0 unspecified atom stereocenters. The number of rotatable bonds is 9. The van der Waals surface area contributed by atoms with E-state index in [4.69, 9.17) is 55.9 Å². The van der Waals surface area contributed by atoms with Gasteiger partial charge in [-0.25, -0.2) is 5.43 Å². The summed E-state index contributed by atoms with van der Waals surface area (Å²) in [6.45, 7) is 0.458. The van der Waals surface area contributed by atoms with Crippen LogP contribution in [0.4, 0.5) is 0 Å². The molecule has 0 saturated carbocycles. The molecule has 0 aromatic heterocycles. The first-order chi connectivity index (χ1) is 18.3. The van der Waals surface area contributed by atoms with Gasteiger partial charge in [-0.2, -0.15) is 5.10 Å². The van der Waals surface area contributed by atoms with Crippen molar-refractivity contribution in [2.24, 2.45) is 5.10 Å². The third-order valence-corrected chi connectivity index (χ3v) is 7.06. The van der Waals surface area contributed by atoms with Crippen LogP contribution in [0, 0.1) is 0 Å². The largest absolute Gasteiger partial charge is 0.488 e. The van der Waals surface area contributed by atoms with Crippen LogP contribution >= 0.6 is 62.3 Å². The van der Waals surface area contributed by atoms with E-state index in [0.717, 1.165) is 21.2 Å². The van der Waals surface area contributed by atoms with Crippen LogP contribution in [-0.4, -0.2) is 12.1 Å². The molecular formula is C28H19BrCl4N2O3. The van der Waals surface area contributed by atoms with Crippen LogP contribution in [0.1, 0.15) is 27.0 Å². The summed E-state index contributed by atoms with van der Waals surface area (Å²) in [5, 5.41) is 6.20. The van der Waals surface area contributed by atoms with E-state index in [0.29, 0.717) is 37.2 Å². The zero-order chi connectivity index (χ0) is 27.1. The van der Waals surface area contributed by atoms with Crippen molar-refractivity contribution >= 4 is 74.5 Å². The molecule has 4 aromatic carbocycles. The van der Waals surface area contributed by atoms with Gasteiger partial charge in [-0.05, 0) is 76.1 Å². The third-order valence-electron chi connectivity index (χ3n) is 5.26. The minimum Gasteiger partial charge on any atom is -0.488 e. The molecule has 4 rings (SSSR count). The van der Waals surface area contributed by atoms with E-state index in [9.17, 15) is 4.79 Å². The van der Waals surface area contributed by atoms with Crippen LogP contribution in [0.15, 0.2) is 88.4 Å². The maximum atomic E-state index is 12.8. The summed E-state index contributed by atoms with van der Waals surface area (Å²) in [5.41, 5.74) is 5.18. The predicted octanol–water partition coefficient (Wildman–Crippen LogP) is 8.98. The third kappa shape index (κ3) is 7.65. The molecule has 0 radical (unpaired) electrons. The van der Waals surface area contributed by atoms with Crippen molar-refractivity contribution in [1.82, 2.24) is 5.43 Å². The molecule has 0 heterocycles. The Bertz CT molecular complexity index is 1500. The summed E-state index contributed by atoms with van der Waals surface area (Å²) in [7, 11) is 0. The van der Waals surface area contributed by atoms with E-state index in [-0.39, 0.29) is 13.2 Å². The molecule has 0 bridgehead atoms. The van der Waals surface area contributed by atoms with Gasteiger partial charge in [-0.15, -0.1) is 0 Å². The monoisotopic (exact) mass is 650 g/mol. The Morgan fingerprint density at radius 2 is 1.39 bits per heavy atom. The first-order valence-electron chi connectivity index (χ1n) is 11.2. The van der Waals surface area contributed by atoms with Gasteiger partial charge in [-0.3, -0.25) is 4.79 Å². The SMILES string of the molecule is O=C(N/N=C/c1ccc(OCc2ccc(Cl)cc2Cl)c(Br)c1)c1ccccc1OCc1ccc(Cl)cc1Cl. The highest BCUT2D eigenvalue weighted by Crippen LogP contribution is 2.28. The summed E-state index contributed by atoms with van der Waals surface area (Å²) in [6, 6.07) is 22.7. The molecule has 4 aromatic rings. The van der Waals surface area contributed by atoms with Crippen LogP contribution in [0.25, 0.3) is 0 Å². The lowest BCUT2D eigenvalue weighted by Crippen LogP contribution is -2.18. The number of nitrogens with zero attached hydrogens (tertiary/aromatic N) is 1. The summed E-state index contributed by atoms with van der Waals surface area (Å²) in [6.07, 6.45) is 1.53. The molecule has 0 saturated heterocycles. The Morgan fingerprint density at radius 3 is 2.00 bits per heavy atom. The second-order valence-corrected chi connectivity index (χ2v) is 10.5. The lowest BCUT2D eigenvalue weighted by Gasteiger charge is -2.11. The van der Waals surface area contributed by atoms with Crippen molar-refractivity contribution in [2.75, 3.05) is 0 Å². The van der Waals surface area contributed by atoms with Crippen molar-refractivity contribution in [1.29, 1.82) is 0 Å². The van der Waals surface area contributed by atoms with E-state index in [2.05, 4.69) is 26.5 Å². The predicted molar refractivity (Wildman–Crippen MR) is 157 cm³/mol. The van der Waals surface area contributed by atoms with Crippen LogP contribution in [0.5, 0.6) is 11.5 Å². The molecule has 0 aliphatic rings. The number of hydrazone groups is 1. The van der Waals surface area contributed by atoms with Crippen LogP contribution < -0.4 is 14.9 Å². The quantitative estimate of drug-likeness (QED) is 0.145. The summed E-state index contributed by atoms with van der Waals surface area (Å²) >= 11 is 27.8. The van der Waals surface area contributed by atoms with Crippen molar-refractivity contribution in [2.45, 2.75) is 13.2 Å². The number of carbonyl (C=O) groups is 1. The number of halogens is 5. The van der Waals surface area contributed by atoms with Gasteiger partial charge in [-0.1, -0.05) is 70.7 Å². The number of benzene rings is 4. The summed E-state index contributed by atoms with van der Waals surface area (Å²) in [5.74, 6) is 0.609.